The number of pyridine rings is 1. The van der Waals surface area contributed by atoms with Crippen LogP contribution in [-0.2, 0) is 0 Å². The molecule has 2 N–H and O–H groups in total. The highest BCUT2D eigenvalue weighted by molar-refractivity contribution is 5.89. The maximum absolute atomic E-state index is 11.6. The largest absolute Gasteiger partial charge is 0.334 e. The van der Waals surface area contributed by atoms with Crippen molar-refractivity contribution < 1.29 is 4.79 Å². The Hall–Kier alpha value is -1.62. The van der Waals surface area contributed by atoms with Crippen LogP contribution in [0.15, 0.2) is 24.5 Å². The highest BCUT2D eigenvalue weighted by Crippen LogP contribution is 2.07. The highest BCUT2D eigenvalue weighted by Gasteiger charge is 2.20. The van der Waals surface area contributed by atoms with Gasteiger partial charge < -0.3 is 15.5 Å². The van der Waals surface area contributed by atoms with Crippen molar-refractivity contribution in [2.75, 3.05) is 25.5 Å². The molecule has 1 aromatic heterocycles. The average molecular weight is 220 g/mol. The van der Waals surface area contributed by atoms with Crippen LogP contribution in [-0.4, -0.2) is 42.1 Å². The molecule has 2 amide bonds. The SMILES string of the molecule is CN1CC[C@H](NC(=O)Nc2cccnc2)C1. The number of carbonyl (C=O) groups is 1. The lowest BCUT2D eigenvalue weighted by molar-refractivity contribution is 0.248. The van der Waals surface area contributed by atoms with E-state index in [-0.39, 0.29) is 12.1 Å². The molecular weight excluding hydrogens is 204 g/mol. The summed E-state index contributed by atoms with van der Waals surface area (Å²) >= 11 is 0. The van der Waals surface area contributed by atoms with Crippen LogP contribution in [0.25, 0.3) is 0 Å². The maximum Gasteiger partial charge on any atom is 0.319 e. The second kappa shape index (κ2) is 4.94. The lowest BCUT2D eigenvalue weighted by Crippen LogP contribution is -2.39. The minimum absolute atomic E-state index is 0.159. The Bertz CT molecular complexity index is 354. The number of carbonyl (C=O) groups excluding carboxylic acids is 1. The van der Waals surface area contributed by atoms with Gasteiger partial charge in [-0.2, -0.15) is 0 Å². The first-order valence-electron chi connectivity index (χ1n) is 5.40. The number of hydrogen-bond acceptors (Lipinski definition) is 3. The van der Waals surface area contributed by atoms with Crippen molar-refractivity contribution in [3.63, 3.8) is 0 Å². The molecule has 0 unspecified atom stereocenters. The zero-order valence-electron chi connectivity index (χ0n) is 9.31. The molecule has 1 aromatic rings. The molecule has 0 aromatic carbocycles. The first-order chi connectivity index (χ1) is 7.74. The van der Waals surface area contributed by atoms with E-state index in [2.05, 4.69) is 27.6 Å². The number of nitrogens with one attached hydrogen (secondary N) is 2. The molecule has 1 aliphatic heterocycles. The number of likely N-dealkylation sites (N-methyl/N-ethyl adjacent to an activating group) is 1. The van der Waals surface area contributed by atoms with Crippen LogP contribution >= 0.6 is 0 Å². The van der Waals surface area contributed by atoms with Crippen molar-refractivity contribution in [1.29, 1.82) is 0 Å². The summed E-state index contributed by atoms with van der Waals surface area (Å²) in [6.07, 6.45) is 4.31. The molecule has 0 aliphatic carbocycles. The smallest absolute Gasteiger partial charge is 0.319 e. The van der Waals surface area contributed by atoms with Gasteiger partial charge in [0.1, 0.15) is 0 Å². The second-order valence-electron chi connectivity index (χ2n) is 4.09. The normalized spacial score (nSPS) is 20.7. The van der Waals surface area contributed by atoms with E-state index < -0.39 is 0 Å². The molecule has 0 bridgehead atoms. The molecule has 1 atom stereocenters. The number of urea groups is 1. The van der Waals surface area contributed by atoms with Crippen LogP contribution < -0.4 is 10.6 Å². The number of anilines is 1. The Morgan fingerprint density at radius 1 is 1.62 bits per heavy atom. The molecule has 0 spiro atoms. The maximum atomic E-state index is 11.6. The number of rotatable bonds is 2. The predicted octanol–water partition coefficient (Wildman–Crippen LogP) is 0.907. The summed E-state index contributed by atoms with van der Waals surface area (Å²) in [6, 6.07) is 3.70. The van der Waals surface area contributed by atoms with Gasteiger partial charge in [0.25, 0.3) is 0 Å². The van der Waals surface area contributed by atoms with Crippen molar-refractivity contribution in [2.24, 2.45) is 0 Å². The van der Waals surface area contributed by atoms with Gasteiger partial charge in [0, 0.05) is 18.8 Å². The third-order valence-corrected chi connectivity index (χ3v) is 2.65. The van der Waals surface area contributed by atoms with Crippen molar-refractivity contribution in [3.8, 4) is 0 Å². The summed E-state index contributed by atoms with van der Waals surface area (Å²) < 4.78 is 0. The van der Waals surface area contributed by atoms with E-state index in [4.69, 9.17) is 0 Å². The van der Waals surface area contributed by atoms with Gasteiger partial charge in [0.2, 0.25) is 0 Å². The Kier molecular flexibility index (Phi) is 3.36. The van der Waals surface area contributed by atoms with Crippen molar-refractivity contribution >= 4 is 11.7 Å². The van der Waals surface area contributed by atoms with Gasteiger partial charge >= 0.3 is 6.03 Å². The molecular formula is C11H16N4O. The lowest BCUT2D eigenvalue weighted by Gasteiger charge is -2.13. The molecule has 0 radical (unpaired) electrons. The number of likely N-dealkylation sites (tertiary alicyclic amines) is 1. The molecule has 1 saturated heterocycles. The van der Waals surface area contributed by atoms with E-state index in [9.17, 15) is 4.79 Å². The zero-order valence-corrected chi connectivity index (χ0v) is 9.31. The molecule has 2 heterocycles. The Balaban J connectivity index is 1.81. The fourth-order valence-electron chi connectivity index (χ4n) is 1.84. The quantitative estimate of drug-likeness (QED) is 0.778. The standard InChI is InChI=1S/C11H16N4O/c1-15-6-4-10(8-15)14-11(16)13-9-3-2-5-12-7-9/h2-3,5,7,10H,4,6,8H2,1H3,(H2,13,14,16)/t10-/m0/s1. The Labute approximate surface area is 94.9 Å². The number of nitrogens with zero attached hydrogens (tertiary/aromatic N) is 2. The predicted molar refractivity (Wildman–Crippen MR) is 62.3 cm³/mol. The van der Waals surface area contributed by atoms with Gasteiger partial charge in [-0.25, -0.2) is 4.79 Å². The van der Waals surface area contributed by atoms with E-state index in [1.165, 1.54) is 0 Å². The van der Waals surface area contributed by atoms with E-state index in [1.54, 1.807) is 18.5 Å². The molecule has 1 fully saturated rings. The van der Waals surface area contributed by atoms with Crippen molar-refractivity contribution in [3.05, 3.63) is 24.5 Å². The lowest BCUT2D eigenvalue weighted by atomic mass is 10.3. The summed E-state index contributed by atoms with van der Waals surface area (Å²) in [6.45, 7) is 1.96. The third-order valence-electron chi connectivity index (χ3n) is 2.65. The van der Waals surface area contributed by atoms with E-state index in [0.717, 1.165) is 19.5 Å². The zero-order chi connectivity index (χ0) is 11.4. The molecule has 16 heavy (non-hydrogen) atoms. The molecule has 0 saturated carbocycles. The van der Waals surface area contributed by atoms with Gasteiger partial charge in [-0.1, -0.05) is 0 Å². The monoisotopic (exact) mass is 220 g/mol. The van der Waals surface area contributed by atoms with Gasteiger partial charge in [-0.3, -0.25) is 4.98 Å². The Morgan fingerprint density at radius 2 is 2.50 bits per heavy atom. The summed E-state index contributed by atoms with van der Waals surface area (Å²) in [5.74, 6) is 0. The number of hydrogen-bond donors (Lipinski definition) is 2. The fourth-order valence-corrected chi connectivity index (χ4v) is 1.84. The highest BCUT2D eigenvalue weighted by atomic mass is 16.2. The van der Waals surface area contributed by atoms with Crippen LogP contribution in [0.3, 0.4) is 0 Å². The first kappa shape index (κ1) is 10.9. The Morgan fingerprint density at radius 3 is 3.12 bits per heavy atom. The van der Waals surface area contributed by atoms with Crippen LogP contribution in [0.5, 0.6) is 0 Å². The summed E-state index contributed by atoms with van der Waals surface area (Å²) in [5, 5.41) is 5.69. The molecule has 5 nitrogen and oxygen atoms in total. The molecule has 5 heteroatoms. The number of amides is 2. The minimum Gasteiger partial charge on any atom is -0.334 e. The summed E-state index contributed by atoms with van der Waals surface area (Å²) in [7, 11) is 2.06. The van der Waals surface area contributed by atoms with Gasteiger partial charge in [-0.05, 0) is 32.1 Å². The molecule has 2 rings (SSSR count). The van der Waals surface area contributed by atoms with Crippen LogP contribution in [0.1, 0.15) is 6.42 Å². The fraction of sp³-hybridized carbons (Fsp3) is 0.455. The van der Waals surface area contributed by atoms with Gasteiger partial charge in [0.05, 0.1) is 11.9 Å². The van der Waals surface area contributed by atoms with E-state index >= 15 is 0 Å². The average Bonchev–Trinajstić information content (AvgIpc) is 2.65. The molecule has 1 aliphatic rings. The van der Waals surface area contributed by atoms with Crippen LogP contribution in [0.2, 0.25) is 0 Å². The first-order valence-corrected chi connectivity index (χ1v) is 5.40. The second-order valence-corrected chi connectivity index (χ2v) is 4.09. The van der Waals surface area contributed by atoms with Crippen molar-refractivity contribution in [2.45, 2.75) is 12.5 Å². The topological polar surface area (TPSA) is 57.3 Å². The minimum atomic E-state index is -0.159. The van der Waals surface area contributed by atoms with E-state index in [0.29, 0.717) is 5.69 Å². The van der Waals surface area contributed by atoms with Crippen molar-refractivity contribution in [1.82, 2.24) is 15.2 Å². The molecule has 86 valence electrons. The van der Waals surface area contributed by atoms with Gasteiger partial charge in [-0.15, -0.1) is 0 Å². The van der Waals surface area contributed by atoms with E-state index in [1.807, 2.05) is 6.07 Å². The summed E-state index contributed by atoms with van der Waals surface area (Å²) in [5.41, 5.74) is 0.714. The third kappa shape index (κ3) is 2.93. The number of aromatic nitrogens is 1. The van der Waals surface area contributed by atoms with Gasteiger partial charge in [0.15, 0.2) is 0 Å². The summed E-state index contributed by atoms with van der Waals surface area (Å²) in [4.78, 5) is 17.7. The van der Waals surface area contributed by atoms with Crippen LogP contribution in [0, 0.1) is 0 Å². The van der Waals surface area contributed by atoms with Crippen LogP contribution in [0.4, 0.5) is 10.5 Å².